The molecule has 0 heterocycles. The Labute approximate surface area is 119 Å². The van der Waals surface area contributed by atoms with Crippen LogP contribution in [0.1, 0.15) is 33.6 Å². The molecule has 0 aliphatic heterocycles. The van der Waals surface area contributed by atoms with E-state index < -0.39 is 0 Å². The first-order valence-electron chi connectivity index (χ1n) is 6.79. The van der Waals surface area contributed by atoms with Crippen LogP contribution in [0.4, 0.5) is 0 Å². The lowest BCUT2D eigenvalue weighted by Gasteiger charge is -2.23. The van der Waals surface area contributed by atoms with Crippen molar-refractivity contribution in [3.8, 4) is 5.75 Å². The fourth-order valence-electron chi connectivity index (χ4n) is 2.16. The molecule has 1 aromatic carbocycles. The molecule has 0 saturated heterocycles. The van der Waals surface area contributed by atoms with Crippen molar-refractivity contribution in [2.24, 2.45) is 5.92 Å². The normalized spacial score (nSPS) is 14.2. The molecule has 3 heteroatoms. The molecule has 2 atom stereocenters. The summed E-state index contributed by atoms with van der Waals surface area (Å²) >= 11 is 3.42. The van der Waals surface area contributed by atoms with E-state index >= 15 is 0 Å². The lowest BCUT2D eigenvalue weighted by molar-refractivity contribution is 0.248. The van der Waals surface area contributed by atoms with E-state index in [1.165, 1.54) is 6.42 Å². The second-order valence-corrected chi connectivity index (χ2v) is 5.52. The molecular weight excluding hydrogens is 290 g/mol. The van der Waals surface area contributed by atoms with Crippen molar-refractivity contribution in [1.29, 1.82) is 0 Å². The Morgan fingerprint density at radius 1 is 1.22 bits per heavy atom. The molecule has 0 aliphatic carbocycles. The minimum atomic E-state index is 0.563. The summed E-state index contributed by atoms with van der Waals surface area (Å²) in [6.45, 7) is 8.48. The first kappa shape index (κ1) is 15.5. The second kappa shape index (κ2) is 8.54. The summed E-state index contributed by atoms with van der Waals surface area (Å²) in [5.41, 5.74) is 0. The molecule has 0 aliphatic rings. The van der Waals surface area contributed by atoms with Crippen LogP contribution in [0.5, 0.6) is 5.75 Å². The van der Waals surface area contributed by atoms with Gasteiger partial charge in [-0.3, -0.25) is 0 Å². The second-order valence-electron chi connectivity index (χ2n) is 4.61. The number of nitrogens with one attached hydrogen (secondary N) is 1. The van der Waals surface area contributed by atoms with E-state index in [9.17, 15) is 0 Å². The molecule has 0 bridgehead atoms. The van der Waals surface area contributed by atoms with Crippen LogP contribution in [0.2, 0.25) is 0 Å². The molecule has 0 spiro atoms. The van der Waals surface area contributed by atoms with E-state index in [-0.39, 0.29) is 0 Å². The molecule has 0 saturated carbocycles. The summed E-state index contributed by atoms with van der Waals surface area (Å²) in [4.78, 5) is 0. The highest BCUT2D eigenvalue weighted by Crippen LogP contribution is 2.18. The molecule has 2 nitrogen and oxygen atoms in total. The fourth-order valence-corrected chi connectivity index (χ4v) is 2.42. The molecular formula is C15H24BrNO. The van der Waals surface area contributed by atoms with E-state index in [0.29, 0.717) is 12.0 Å². The van der Waals surface area contributed by atoms with Crippen LogP contribution in [0, 0.1) is 5.92 Å². The molecule has 2 unspecified atom stereocenters. The van der Waals surface area contributed by atoms with Crippen LogP contribution in [0.15, 0.2) is 28.7 Å². The predicted molar refractivity (Wildman–Crippen MR) is 81.2 cm³/mol. The summed E-state index contributed by atoms with van der Waals surface area (Å²) in [6, 6.07) is 8.58. The zero-order valence-corrected chi connectivity index (χ0v) is 13.2. The van der Waals surface area contributed by atoms with Crippen LogP contribution in [-0.4, -0.2) is 19.2 Å². The third-order valence-electron chi connectivity index (χ3n) is 3.33. The number of hydrogen-bond acceptors (Lipinski definition) is 2. The molecule has 0 radical (unpaired) electrons. The molecule has 0 aromatic heterocycles. The van der Waals surface area contributed by atoms with Gasteiger partial charge in [0.25, 0.3) is 0 Å². The van der Waals surface area contributed by atoms with Gasteiger partial charge in [0.15, 0.2) is 0 Å². The third kappa shape index (κ3) is 5.40. The van der Waals surface area contributed by atoms with E-state index in [1.807, 2.05) is 24.3 Å². The maximum absolute atomic E-state index is 5.77. The number of hydrogen-bond donors (Lipinski definition) is 1. The van der Waals surface area contributed by atoms with Gasteiger partial charge >= 0.3 is 0 Å². The number of ether oxygens (including phenoxy) is 1. The summed E-state index contributed by atoms with van der Waals surface area (Å²) < 4.78 is 6.86. The molecule has 0 amide bonds. The predicted octanol–water partition coefficient (Wildman–Crippen LogP) is 4.24. The lowest BCUT2D eigenvalue weighted by Crippen LogP contribution is -2.33. The molecule has 1 N–H and O–H groups in total. The quantitative estimate of drug-likeness (QED) is 0.775. The van der Waals surface area contributed by atoms with Gasteiger partial charge in [0, 0.05) is 10.5 Å². The van der Waals surface area contributed by atoms with Crippen molar-refractivity contribution in [2.75, 3.05) is 13.2 Å². The molecule has 1 rings (SSSR count). The van der Waals surface area contributed by atoms with Gasteiger partial charge in [-0.25, -0.2) is 0 Å². The van der Waals surface area contributed by atoms with Crippen LogP contribution in [0.25, 0.3) is 0 Å². The summed E-state index contributed by atoms with van der Waals surface area (Å²) in [6.07, 6.45) is 2.29. The highest BCUT2D eigenvalue weighted by molar-refractivity contribution is 9.10. The highest BCUT2D eigenvalue weighted by atomic mass is 79.9. The lowest BCUT2D eigenvalue weighted by atomic mass is 9.95. The van der Waals surface area contributed by atoms with Gasteiger partial charge in [-0.15, -0.1) is 0 Å². The van der Waals surface area contributed by atoms with Crippen molar-refractivity contribution in [3.05, 3.63) is 28.7 Å². The summed E-state index contributed by atoms with van der Waals surface area (Å²) in [5.74, 6) is 1.63. The standard InChI is InChI=1S/C15H24BrNO/c1-4-13(12(3)17-5-2)10-11-18-15-8-6-14(16)7-9-15/h6-9,12-13,17H,4-5,10-11H2,1-3H3. The van der Waals surface area contributed by atoms with E-state index in [4.69, 9.17) is 4.74 Å². The third-order valence-corrected chi connectivity index (χ3v) is 3.86. The Hall–Kier alpha value is -0.540. The van der Waals surface area contributed by atoms with Gasteiger partial charge in [-0.1, -0.05) is 36.2 Å². The first-order chi connectivity index (χ1) is 8.67. The van der Waals surface area contributed by atoms with Crippen molar-refractivity contribution in [1.82, 2.24) is 5.32 Å². The minimum absolute atomic E-state index is 0.563. The van der Waals surface area contributed by atoms with Crippen LogP contribution >= 0.6 is 15.9 Å². The summed E-state index contributed by atoms with van der Waals surface area (Å²) in [5, 5.41) is 3.49. The number of rotatable bonds is 8. The Kier molecular flexibility index (Phi) is 7.36. The van der Waals surface area contributed by atoms with Crippen molar-refractivity contribution >= 4 is 15.9 Å². The maximum Gasteiger partial charge on any atom is 0.119 e. The zero-order valence-electron chi connectivity index (χ0n) is 11.6. The van der Waals surface area contributed by atoms with Gasteiger partial charge in [-0.05, 0) is 50.1 Å². The molecule has 0 fully saturated rings. The van der Waals surface area contributed by atoms with Crippen molar-refractivity contribution in [2.45, 2.75) is 39.7 Å². The Bertz CT molecular complexity index is 326. The largest absolute Gasteiger partial charge is 0.494 e. The number of benzene rings is 1. The average molecular weight is 314 g/mol. The molecule has 102 valence electrons. The Morgan fingerprint density at radius 3 is 2.44 bits per heavy atom. The fraction of sp³-hybridized carbons (Fsp3) is 0.600. The van der Waals surface area contributed by atoms with Gasteiger partial charge < -0.3 is 10.1 Å². The van der Waals surface area contributed by atoms with Crippen LogP contribution < -0.4 is 10.1 Å². The Balaban J connectivity index is 2.32. The molecule has 18 heavy (non-hydrogen) atoms. The van der Waals surface area contributed by atoms with Crippen molar-refractivity contribution < 1.29 is 4.74 Å². The van der Waals surface area contributed by atoms with Gasteiger partial charge in [-0.2, -0.15) is 0 Å². The Morgan fingerprint density at radius 2 is 1.89 bits per heavy atom. The topological polar surface area (TPSA) is 21.3 Å². The summed E-state index contributed by atoms with van der Waals surface area (Å²) in [7, 11) is 0. The SMILES string of the molecule is CCNC(C)C(CC)CCOc1ccc(Br)cc1. The highest BCUT2D eigenvalue weighted by Gasteiger charge is 2.14. The van der Waals surface area contributed by atoms with Gasteiger partial charge in [0.05, 0.1) is 6.61 Å². The van der Waals surface area contributed by atoms with E-state index in [1.54, 1.807) is 0 Å². The van der Waals surface area contributed by atoms with Crippen LogP contribution in [-0.2, 0) is 0 Å². The number of halogens is 1. The van der Waals surface area contributed by atoms with Crippen molar-refractivity contribution in [3.63, 3.8) is 0 Å². The average Bonchev–Trinajstić information content (AvgIpc) is 2.37. The van der Waals surface area contributed by atoms with Crippen LogP contribution in [0.3, 0.4) is 0 Å². The minimum Gasteiger partial charge on any atom is -0.494 e. The molecule has 1 aromatic rings. The first-order valence-corrected chi connectivity index (χ1v) is 7.58. The zero-order chi connectivity index (χ0) is 13.4. The van der Waals surface area contributed by atoms with E-state index in [0.717, 1.165) is 29.8 Å². The monoisotopic (exact) mass is 313 g/mol. The van der Waals surface area contributed by atoms with Gasteiger partial charge in [0.2, 0.25) is 0 Å². The smallest absolute Gasteiger partial charge is 0.119 e. The maximum atomic E-state index is 5.77. The van der Waals surface area contributed by atoms with E-state index in [2.05, 4.69) is 42.0 Å². The van der Waals surface area contributed by atoms with Gasteiger partial charge in [0.1, 0.15) is 5.75 Å².